The van der Waals surface area contributed by atoms with Crippen LogP contribution in [0.1, 0.15) is 12.5 Å². The predicted molar refractivity (Wildman–Crippen MR) is 77.9 cm³/mol. The van der Waals surface area contributed by atoms with E-state index in [1.807, 2.05) is 24.3 Å². The monoisotopic (exact) mass is 287 g/mol. The van der Waals surface area contributed by atoms with Gasteiger partial charge in [-0.15, -0.1) is 4.40 Å². The first kappa shape index (κ1) is 12.8. The molecule has 6 heteroatoms. The zero-order valence-corrected chi connectivity index (χ0v) is 11.7. The number of anilines is 2. The summed E-state index contributed by atoms with van der Waals surface area (Å²) >= 11 is 0. The van der Waals surface area contributed by atoms with Gasteiger partial charge in [-0.3, -0.25) is 4.90 Å². The Kier molecular flexibility index (Phi) is 3.02. The molecule has 0 saturated heterocycles. The van der Waals surface area contributed by atoms with E-state index in [1.54, 1.807) is 17.2 Å². The topological polar surface area (TPSA) is 62.6 Å². The van der Waals surface area contributed by atoms with Crippen molar-refractivity contribution in [2.24, 2.45) is 4.40 Å². The van der Waals surface area contributed by atoms with E-state index in [1.165, 1.54) is 18.0 Å². The molecule has 0 aliphatic carbocycles. The SMILES string of the molecule is CCc1cccc(N2C=NS(=O)(=O)c3cccnc32)c1. The van der Waals surface area contributed by atoms with Crippen LogP contribution in [0.5, 0.6) is 0 Å². The molecule has 0 saturated carbocycles. The third kappa shape index (κ3) is 2.08. The molecule has 1 aliphatic rings. The van der Waals surface area contributed by atoms with Gasteiger partial charge < -0.3 is 0 Å². The fourth-order valence-electron chi connectivity index (χ4n) is 2.10. The summed E-state index contributed by atoms with van der Waals surface area (Å²) in [6.07, 6.45) is 3.79. The van der Waals surface area contributed by atoms with Gasteiger partial charge in [0.25, 0.3) is 10.0 Å². The summed E-state index contributed by atoms with van der Waals surface area (Å²) in [5, 5.41) is 0. The van der Waals surface area contributed by atoms with Crippen molar-refractivity contribution >= 4 is 27.9 Å². The van der Waals surface area contributed by atoms with Gasteiger partial charge in [0.15, 0.2) is 5.82 Å². The lowest BCUT2D eigenvalue weighted by atomic mass is 10.1. The number of sulfonamides is 1. The fraction of sp³-hybridized carbons (Fsp3) is 0.143. The maximum absolute atomic E-state index is 11.9. The Morgan fingerprint density at radius 2 is 2.05 bits per heavy atom. The Balaban J connectivity index is 2.16. The van der Waals surface area contributed by atoms with Gasteiger partial charge in [0.1, 0.15) is 11.2 Å². The molecule has 1 aromatic carbocycles. The van der Waals surface area contributed by atoms with Crippen LogP contribution in [0, 0.1) is 0 Å². The second kappa shape index (κ2) is 4.72. The molecule has 0 spiro atoms. The Morgan fingerprint density at radius 3 is 2.85 bits per heavy atom. The minimum absolute atomic E-state index is 0.129. The van der Waals surface area contributed by atoms with Gasteiger partial charge in [0.05, 0.1) is 0 Å². The number of aromatic nitrogens is 1. The molecule has 0 amide bonds. The molecule has 102 valence electrons. The lowest BCUT2D eigenvalue weighted by molar-refractivity contribution is 0.597. The molecular formula is C14H13N3O2S. The van der Waals surface area contributed by atoms with Crippen molar-refractivity contribution < 1.29 is 8.42 Å². The highest BCUT2D eigenvalue weighted by atomic mass is 32.2. The number of nitrogens with zero attached hydrogens (tertiary/aromatic N) is 3. The Bertz CT molecular complexity index is 785. The molecule has 1 aromatic heterocycles. The minimum Gasteiger partial charge on any atom is -0.283 e. The van der Waals surface area contributed by atoms with Crippen LogP contribution in [0.15, 0.2) is 51.9 Å². The van der Waals surface area contributed by atoms with Gasteiger partial charge >= 0.3 is 0 Å². The first-order valence-electron chi connectivity index (χ1n) is 6.25. The van der Waals surface area contributed by atoms with Gasteiger partial charge in [-0.2, -0.15) is 8.42 Å². The second-order valence-electron chi connectivity index (χ2n) is 4.41. The third-order valence-electron chi connectivity index (χ3n) is 3.16. The van der Waals surface area contributed by atoms with Crippen molar-refractivity contribution in [3.63, 3.8) is 0 Å². The van der Waals surface area contributed by atoms with Crippen molar-refractivity contribution in [2.45, 2.75) is 18.2 Å². The van der Waals surface area contributed by atoms with E-state index in [0.29, 0.717) is 5.82 Å². The number of rotatable bonds is 2. The average molecular weight is 287 g/mol. The zero-order valence-electron chi connectivity index (χ0n) is 10.9. The lowest BCUT2D eigenvalue weighted by Gasteiger charge is -2.24. The molecule has 0 bridgehead atoms. The van der Waals surface area contributed by atoms with Gasteiger partial charge in [-0.05, 0) is 36.2 Å². The van der Waals surface area contributed by atoms with Crippen molar-refractivity contribution in [1.82, 2.24) is 4.98 Å². The highest BCUT2D eigenvalue weighted by Crippen LogP contribution is 2.32. The average Bonchev–Trinajstić information content (AvgIpc) is 2.47. The van der Waals surface area contributed by atoms with Crippen molar-refractivity contribution in [2.75, 3.05) is 4.90 Å². The van der Waals surface area contributed by atoms with Crippen LogP contribution < -0.4 is 4.90 Å². The number of fused-ring (bicyclic) bond motifs is 1. The molecule has 0 unspecified atom stereocenters. The first-order valence-corrected chi connectivity index (χ1v) is 7.69. The van der Waals surface area contributed by atoms with E-state index in [4.69, 9.17) is 0 Å². The van der Waals surface area contributed by atoms with Crippen LogP contribution in [0.4, 0.5) is 11.5 Å². The number of benzene rings is 1. The smallest absolute Gasteiger partial charge is 0.283 e. The largest absolute Gasteiger partial charge is 0.287 e. The molecule has 20 heavy (non-hydrogen) atoms. The molecule has 3 rings (SSSR count). The number of aryl methyl sites for hydroxylation is 1. The Morgan fingerprint density at radius 1 is 1.20 bits per heavy atom. The first-order chi connectivity index (χ1) is 9.62. The quantitative estimate of drug-likeness (QED) is 0.851. The predicted octanol–water partition coefficient (Wildman–Crippen LogP) is 2.51. The molecular weight excluding hydrogens is 274 g/mol. The van der Waals surface area contributed by atoms with Crippen LogP contribution in [0.2, 0.25) is 0 Å². The van der Waals surface area contributed by atoms with Gasteiger partial charge in [-0.1, -0.05) is 19.1 Å². The molecule has 5 nitrogen and oxygen atoms in total. The van der Waals surface area contributed by atoms with Crippen molar-refractivity contribution in [3.05, 3.63) is 48.2 Å². The molecule has 0 fully saturated rings. The second-order valence-corrected chi connectivity index (χ2v) is 6.02. The molecule has 2 heterocycles. The fourth-order valence-corrected chi connectivity index (χ4v) is 3.06. The molecule has 0 atom stereocenters. The molecule has 0 N–H and O–H groups in total. The van der Waals surface area contributed by atoms with Gasteiger partial charge in [0.2, 0.25) is 0 Å². The summed E-state index contributed by atoms with van der Waals surface area (Å²) in [7, 11) is -3.63. The van der Waals surface area contributed by atoms with E-state index in [9.17, 15) is 8.42 Å². The highest BCUT2D eigenvalue weighted by molar-refractivity contribution is 7.90. The number of pyridine rings is 1. The van der Waals surface area contributed by atoms with Crippen molar-refractivity contribution in [1.29, 1.82) is 0 Å². The number of hydrogen-bond acceptors (Lipinski definition) is 4. The Labute approximate surface area is 117 Å². The summed E-state index contributed by atoms with van der Waals surface area (Å²) in [5.74, 6) is 0.385. The van der Waals surface area contributed by atoms with Crippen LogP contribution >= 0.6 is 0 Å². The van der Waals surface area contributed by atoms with Crippen LogP contribution in [-0.2, 0) is 16.4 Å². The summed E-state index contributed by atoms with van der Waals surface area (Å²) in [6.45, 7) is 2.07. The maximum Gasteiger partial charge on any atom is 0.287 e. The third-order valence-corrected chi connectivity index (χ3v) is 4.40. The normalized spacial score (nSPS) is 15.9. The summed E-state index contributed by atoms with van der Waals surface area (Å²) in [5.41, 5.74) is 2.02. The standard InChI is InChI=1S/C14H13N3O2S/c1-2-11-5-3-6-12(9-11)17-10-16-20(18,19)13-7-4-8-15-14(13)17/h3-10H,2H2,1H3. The Hall–Kier alpha value is -2.21. The van der Waals surface area contributed by atoms with Crippen LogP contribution in [0.25, 0.3) is 0 Å². The highest BCUT2D eigenvalue weighted by Gasteiger charge is 2.27. The minimum atomic E-state index is -3.63. The maximum atomic E-state index is 11.9. The van der Waals surface area contributed by atoms with Gasteiger partial charge in [0, 0.05) is 11.9 Å². The lowest BCUT2D eigenvalue weighted by Crippen LogP contribution is -2.23. The summed E-state index contributed by atoms with van der Waals surface area (Å²) in [6, 6.07) is 11.0. The van der Waals surface area contributed by atoms with E-state index in [0.717, 1.165) is 12.1 Å². The summed E-state index contributed by atoms with van der Waals surface area (Å²) < 4.78 is 27.5. The molecule has 2 aromatic rings. The van der Waals surface area contributed by atoms with E-state index < -0.39 is 10.0 Å². The van der Waals surface area contributed by atoms with E-state index >= 15 is 0 Å². The van der Waals surface area contributed by atoms with Crippen molar-refractivity contribution in [3.8, 4) is 0 Å². The molecule has 0 radical (unpaired) electrons. The van der Waals surface area contributed by atoms with E-state index in [2.05, 4.69) is 16.3 Å². The van der Waals surface area contributed by atoms with E-state index in [-0.39, 0.29) is 4.90 Å². The molecule has 1 aliphatic heterocycles. The number of hydrogen-bond donors (Lipinski definition) is 0. The van der Waals surface area contributed by atoms with Crippen LogP contribution in [0.3, 0.4) is 0 Å². The zero-order chi connectivity index (χ0) is 14.2. The summed E-state index contributed by atoms with van der Waals surface area (Å²) in [4.78, 5) is 6.00. The van der Waals surface area contributed by atoms with Gasteiger partial charge in [-0.25, -0.2) is 4.98 Å². The van der Waals surface area contributed by atoms with Crippen LogP contribution in [-0.4, -0.2) is 19.7 Å².